The van der Waals surface area contributed by atoms with Crippen molar-refractivity contribution >= 4 is 35.1 Å². The van der Waals surface area contributed by atoms with Gasteiger partial charge in [0.25, 0.3) is 0 Å². The highest BCUT2D eigenvalue weighted by atomic mass is 35.5. The fraction of sp³-hybridized carbons (Fsp3) is 0.857. The zero-order chi connectivity index (χ0) is 15.1. The minimum atomic E-state index is -0.182. The summed E-state index contributed by atoms with van der Waals surface area (Å²) in [4.78, 5) is 22.3. The van der Waals surface area contributed by atoms with Gasteiger partial charge in [0.2, 0.25) is 0 Å². The lowest BCUT2D eigenvalue weighted by Crippen LogP contribution is -2.07. The number of ether oxygens (including phenoxy) is 2. The molecule has 0 unspecified atom stereocenters. The van der Waals surface area contributed by atoms with Crippen molar-refractivity contribution < 1.29 is 19.1 Å². The van der Waals surface area contributed by atoms with Crippen LogP contribution in [0.2, 0.25) is 0 Å². The first-order valence-corrected chi connectivity index (χ1v) is 8.20. The van der Waals surface area contributed by atoms with Crippen molar-refractivity contribution in [2.45, 2.75) is 51.4 Å². The van der Waals surface area contributed by atoms with E-state index in [0.717, 1.165) is 25.7 Å². The van der Waals surface area contributed by atoms with E-state index in [0.29, 0.717) is 50.7 Å². The van der Waals surface area contributed by atoms with Crippen LogP contribution in [0.1, 0.15) is 51.4 Å². The molecule has 0 atom stereocenters. The van der Waals surface area contributed by atoms with E-state index in [-0.39, 0.29) is 11.9 Å². The molecule has 6 heteroatoms. The quantitative estimate of drug-likeness (QED) is 0.294. The van der Waals surface area contributed by atoms with E-state index in [9.17, 15) is 9.59 Å². The Morgan fingerprint density at radius 3 is 1.40 bits per heavy atom. The highest BCUT2D eigenvalue weighted by Gasteiger charge is 2.02. The predicted molar refractivity (Wildman–Crippen MR) is 80.3 cm³/mol. The average molecular weight is 327 g/mol. The summed E-state index contributed by atoms with van der Waals surface area (Å²) in [5.74, 6) is 0.606. The van der Waals surface area contributed by atoms with Gasteiger partial charge in [0.15, 0.2) is 0 Å². The zero-order valence-electron chi connectivity index (χ0n) is 11.9. The lowest BCUT2D eigenvalue weighted by Gasteiger charge is -2.05. The second-order valence-corrected chi connectivity index (χ2v) is 5.20. The van der Waals surface area contributed by atoms with Gasteiger partial charge >= 0.3 is 11.9 Å². The molecule has 0 aromatic carbocycles. The Hall–Kier alpha value is -0.480. The van der Waals surface area contributed by atoms with Gasteiger partial charge in [-0.1, -0.05) is 0 Å². The molecular formula is C14H24Cl2O4. The Balaban J connectivity index is 3.20. The third kappa shape index (κ3) is 13.9. The van der Waals surface area contributed by atoms with Crippen LogP contribution in [0.25, 0.3) is 0 Å². The van der Waals surface area contributed by atoms with Crippen molar-refractivity contribution in [2.75, 3.05) is 25.0 Å². The number of rotatable bonds is 13. The van der Waals surface area contributed by atoms with Gasteiger partial charge in [0.1, 0.15) is 0 Å². The summed E-state index contributed by atoms with van der Waals surface area (Å²) in [6.07, 6.45) is 5.71. The molecule has 4 nitrogen and oxygen atoms in total. The summed E-state index contributed by atoms with van der Waals surface area (Å²) in [5, 5.41) is 0. The summed E-state index contributed by atoms with van der Waals surface area (Å²) < 4.78 is 10.1. The van der Waals surface area contributed by atoms with Crippen molar-refractivity contribution in [3.05, 3.63) is 0 Å². The van der Waals surface area contributed by atoms with Gasteiger partial charge < -0.3 is 9.47 Å². The van der Waals surface area contributed by atoms with Crippen molar-refractivity contribution in [2.24, 2.45) is 0 Å². The maximum absolute atomic E-state index is 11.2. The van der Waals surface area contributed by atoms with Gasteiger partial charge in [0.05, 0.1) is 13.2 Å². The molecule has 0 bridgehead atoms. The van der Waals surface area contributed by atoms with Crippen molar-refractivity contribution in [1.82, 2.24) is 0 Å². The van der Waals surface area contributed by atoms with Gasteiger partial charge in [-0.2, -0.15) is 0 Å². The zero-order valence-corrected chi connectivity index (χ0v) is 13.4. The summed E-state index contributed by atoms with van der Waals surface area (Å²) >= 11 is 11.0. The monoisotopic (exact) mass is 326 g/mol. The van der Waals surface area contributed by atoms with Crippen LogP contribution < -0.4 is 0 Å². The Bertz CT molecular complexity index is 234. The van der Waals surface area contributed by atoms with Crippen molar-refractivity contribution in [3.63, 3.8) is 0 Å². The van der Waals surface area contributed by atoms with Crippen LogP contribution in [0.5, 0.6) is 0 Å². The second kappa shape index (κ2) is 14.9. The molecule has 0 radical (unpaired) electrons. The van der Waals surface area contributed by atoms with Gasteiger partial charge in [-0.05, 0) is 38.5 Å². The molecule has 0 saturated heterocycles. The molecule has 0 aromatic heterocycles. The minimum absolute atomic E-state index is 0.182. The maximum Gasteiger partial charge on any atom is 0.305 e. The van der Waals surface area contributed by atoms with Gasteiger partial charge in [-0.25, -0.2) is 0 Å². The Morgan fingerprint density at radius 2 is 1.05 bits per heavy atom. The van der Waals surface area contributed by atoms with Gasteiger partial charge in [-0.3, -0.25) is 9.59 Å². The molecule has 0 aliphatic carbocycles. The number of carbonyl (C=O) groups excluding carboxylic acids is 2. The smallest absolute Gasteiger partial charge is 0.305 e. The summed E-state index contributed by atoms with van der Waals surface area (Å²) in [5.41, 5.74) is 0. The second-order valence-electron chi connectivity index (χ2n) is 4.44. The number of unbranched alkanes of at least 4 members (excludes halogenated alkanes) is 3. The van der Waals surface area contributed by atoms with E-state index in [2.05, 4.69) is 0 Å². The minimum Gasteiger partial charge on any atom is -0.466 e. The molecule has 0 aromatic rings. The topological polar surface area (TPSA) is 52.6 Å². The summed E-state index contributed by atoms with van der Waals surface area (Å²) in [6, 6.07) is 0. The summed E-state index contributed by atoms with van der Waals surface area (Å²) in [7, 11) is 0. The van der Waals surface area contributed by atoms with Crippen LogP contribution in [-0.4, -0.2) is 36.9 Å². The number of esters is 2. The SMILES string of the molecule is O=C(CCCCl)OCCCCCCOC(=O)CCCCl. The maximum atomic E-state index is 11.2. The molecule has 0 amide bonds. The van der Waals surface area contributed by atoms with Gasteiger partial charge in [0, 0.05) is 24.6 Å². The predicted octanol–water partition coefficient (Wildman–Crippen LogP) is 3.67. The van der Waals surface area contributed by atoms with Crippen LogP contribution >= 0.6 is 23.2 Å². The highest BCUT2D eigenvalue weighted by Crippen LogP contribution is 2.03. The molecule has 118 valence electrons. The molecular weight excluding hydrogens is 303 g/mol. The highest BCUT2D eigenvalue weighted by molar-refractivity contribution is 6.18. The first kappa shape index (κ1) is 19.5. The Morgan fingerprint density at radius 1 is 0.650 bits per heavy atom. The fourth-order valence-corrected chi connectivity index (χ4v) is 1.76. The average Bonchev–Trinajstić information content (AvgIpc) is 2.45. The lowest BCUT2D eigenvalue weighted by atomic mass is 10.2. The molecule has 0 rings (SSSR count). The molecule has 20 heavy (non-hydrogen) atoms. The van der Waals surface area contributed by atoms with E-state index in [1.807, 2.05) is 0 Å². The Labute approximate surface area is 131 Å². The van der Waals surface area contributed by atoms with E-state index in [4.69, 9.17) is 32.7 Å². The van der Waals surface area contributed by atoms with Gasteiger partial charge in [-0.15, -0.1) is 23.2 Å². The molecule has 0 N–H and O–H groups in total. The third-order valence-corrected chi connectivity index (χ3v) is 3.13. The number of hydrogen-bond acceptors (Lipinski definition) is 4. The standard InChI is InChI=1S/C14H24Cl2O4/c15-9-5-7-13(17)19-11-3-1-2-4-12-20-14(18)8-6-10-16/h1-12H2. The first-order chi connectivity index (χ1) is 9.70. The molecule has 0 aliphatic rings. The molecule has 0 aliphatic heterocycles. The van der Waals surface area contributed by atoms with Crippen molar-refractivity contribution in [1.29, 1.82) is 0 Å². The number of hydrogen-bond donors (Lipinski definition) is 0. The van der Waals surface area contributed by atoms with E-state index in [1.54, 1.807) is 0 Å². The van der Waals surface area contributed by atoms with Crippen LogP contribution in [0.4, 0.5) is 0 Å². The normalized spacial score (nSPS) is 10.3. The van der Waals surface area contributed by atoms with Crippen LogP contribution in [0, 0.1) is 0 Å². The first-order valence-electron chi connectivity index (χ1n) is 7.14. The lowest BCUT2D eigenvalue weighted by molar-refractivity contribution is -0.145. The van der Waals surface area contributed by atoms with E-state index < -0.39 is 0 Å². The Kier molecular flexibility index (Phi) is 14.6. The van der Waals surface area contributed by atoms with Crippen LogP contribution in [0.3, 0.4) is 0 Å². The number of carbonyl (C=O) groups is 2. The molecule has 0 fully saturated rings. The van der Waals surface area contributed by atoms with E-state index >= 15 is 0 Å². The molecule has 0 heterocycles. The summed E-state index contributed by atoms with van der Waals surface area (Å²) in [6.45, 7) is 0.910. The number of alkyl halides is 2. The molecule has 0 spiro atoms. The largest absolute Gasteiger partial charge is 0.466 e. The third-order valence-electron chi connectivity index (χ3n) is 2.59. The number of halogens is 2. The van der Waals surface area contributed by atoms with Crippen LogP contribution in [0.15, 0.2) is 0 Å². The van der Waals surface area contributed by atoms with E-state index in [1.165, 1.54) is 0 Å². The van der Waals surface area contributed by atoms with Crippen LogP contribution in [-0.2, 0) is 19.1 Å². The fourth-order valence-electron chi connectivity index (χ4n) is 1.50. The molecule has 0 saturated carbocycles. The van der Waals surface area contributed by atoms with Crippen molar-refractivity contribution in [3.8, 4) is 0 Å².